The monoisotopic (exact) mass is 310 g/mol. The number of likely N-dealkylation sites (tertiary alicyclic amines) is 1. The topological polar surface area (TPSA) is 41.6 Å². The molecule has 1 saturated heterocycles. The fourth-order valence-electron chi connectivity index (χ4n) is 2.83. The van der Waals surface area contributed by atoms with Crippen molar-refractivity contribution in [1.82, 2.24) is 10.2 Å². The SMILES string of the molecule is CN1CCC(NC(=O)Oc2cccc(-c3ccccc3)c2)CC1. The molecule has 120 valence electrons. The minimum Gasteiger partial charge on any atom is -0.410 e. The molecule has 0 bridgehead atoms. The third-order valence-electron chi connectivity index (χ3n) is 4.19. The van der Waals surface area contributed by atoms with Crippen molar-refractivity contribution in [2.75, 3.05) is 20.1 Å². The number of hydrogen-bond acceptors (Lipinski definition) is 3. The molecule has 0 atom stereocenters. The van der Waals surface area contributed by atoms with Gasteiger partial charge in [0.1, 0.15) is 5.75 Å². The zero-order valence-corrected chi connectivity index (χ0v) is 13.4. The van der Waals surface area contributed by atoms with E-state index in [4.69, 9.17) is 4.74 Å². The van der Waals surface area contributed by atoms with Gasteiger partial charge < -0.3 is 15.0 Å². The molecule has 0 aromatic heterocycles. The standard InChI is InChI=1S/C19H22N2O2/c1-21-12-10-17(11-13-21)20-19(22)23-18-9-5-8-16(14-18)15-6-3-2-4-7-15/h2-9,14,17H,10-13H2,1H3,(H,20,22). The summed E-state index contributed by atoms with van der Waals surface area (Å²) in [6.07, 6.45) is 1.57. The molecule has 1 amide bonds. The summed E-state index contributed by atoms with van der Waals surface area (Å²) in [5.41, 5.74) is 2.14. The van der Waals surface area contributed by atoms with Crippen molar-refractivity contribution in [3.63, 3.8) is 0 Å². The van der Waals surface area contributed by atoms with Crippen LogP contribution < -0.4 is 10.1 Å². The third-order valence-corrected chi connectivity index (χ3v) is 4.19. The van der Waals surface area contributed by atoms with Gasteiger partial charge in [0, 0.05) is 6.04 Å². The summed E-state index contributed by atoms with van der Waals surface area (Å²) in [6, 6.07) is 17.9. The lowest BCUT2D eigenvalue weighted by atomic mass is 10.1. The second-order valence-electron chi connectivity index (χ2n) is 6.01. The number of carbonyl (C=O) groups excluding carboxylic acids is 1. The Labute approximate surface area is 137 Å². The Morgan fingerprint density at radius 2 is 1.74 bits per heavy atom. The number of hydrogen-bond donors (Lipinski definition) is 1. The van der Waals surface area contributed by atoms with E-state index < -0.39 is 0 Å². The van der Waals surface area contributed by atoms with E-state index in [1.807, 2.05) is 48.5 Å². The average molecular weight is 310 g/mol. The lowest BCUT2D eigenvalue weighted by molar-refractivity contribution is 0.182. The van der Waals surface area contributed by atoms with Crippen LogP contribution in [0.3, 0.4) is 0 Å². The van der Waals surface area contributed by atoms with E-state index in [1.165, 1.54) is 0 Å². The Bertz CT molecular complexity index is 649. The van der Waals surface area contributed by atoms with Crippen molar-refractivity contribution in [2.24, 2.45) is 0 Å². The first-order valence-electron chi connectivity index (χ1n) is 8.03. The van der Waals surface area contributed by atoms with Gasteiger partial charge in [-0.2, -0.15) is 0 Å². The number of benzene rings is 2. The molecule has 4 heteroatoms. The Morgan fingerprint density at radius 3 is 2.48 bits per heavy atom. The molecule has 23 heavy (non-hydrogen) atoms. The van der Waals surface area contributed by atoms with Crippen LogP contribution in [0, 0.1) is 0 Å². The second kappa shape index (κ2) is 7.29. The van der Waals surface area contributed by atoms with Crippen LogP contribution in [0.25, 0.3) is 11.1 Å². The first-order valence-corrected chi connectivity index (χ1v) is 8.03. The Hall–Kier alpha value is -2.33. The largest absolute Gasteiger partial charge is 0.412 e. The highest BCUT2D eigenvalue weighted by molar-refractivity contribution is 5.72. The van der Waals surface area contributed by atoms with Gasteiger partial charge in [-0.15, -0.1) is 0 Å². The molecule has 1 heterocycles. The molecular formula is C19H22N2O2. The zero-order valence-electron chi connectivity index (χ0n) is 13.4. The molecule has 3 rings (SSSR count). The van der Waals surface area contributed by atoms with Gasteiger partial charge in [0.05, 0.1) is 0 Å². The fraction of sp³-hybridized carbons (Fsp3) is 0.316. The van der Waals surface area contributed by atoms with Gasteiger partial charge in [-0.05, 0) is 56.2 Å². The molecule has 0 unspecified atom stereocenters. The number of carbonyl (C=O) groups is 1. The third kappa shape index (κ3) is 4.33. The van der Waals surface area contributed by atoms with Gasteiger partial charge >= 0.3 is 6.09 Å². The highest BCUT2D eigenvalue weighted by atomic mass is 16.6. The Morgan fingerprint density at radius 1 is 1.04 bits per heavy atom. The Balaban J connectivity index is 1.60. The molecule has 2 aromatic carbocycles. The molecule has 0 aliphatic carbocycles. The van der Waals surface area contributed by atoms with Crippen LogP contribution in [0.2, 0.25) is 0 Å². The molecule has 0 radical (unpaired) electrons. The number of piperidine rings is 1. The van der Waals surface area contributed by atoms with Gasteiger partial charge in [0.2, 0.25) is 0 Å². The van der Waals surface area contributed by atoms with Crippen LogP contribution in [0.5, 0.6) is 5.75 Å². The summed E-state index contributed by atoms with van der Waals surface area (Å²) in [5, 5.41) is 2.96. The molecule has 1 aliphatic heterocycles. The Kier molecular flexibility index (Phi) is 4.93. The van der Waals surface area contributed by atoms with E-state index in [0.29, 0.717) is 5.75 Å². The van der Waals surface area contributed by atoms with Crippen LogP contribution >= 0.6 is 0 Å². The lowest BCUT2D eigenvalue weighted by Crippen LogP contribution is -2.44. The lowest BCUT2D eigenvalue weighted by Gasteiger charge is -2.29. The van der Waals surface area contributed by atoms with Crippen LogP contribution in [0.4, 0.5) is 4.79 Å². The van der Waals surface area contributed by atoms with E-state index in [0.717, 1.165) is 37.1 Å². The number of nitrogens with zero attached hydrogens (tertiary/aromatic N) is 1. The quantitative estimate of drug-likeness (QED) is 0.943. The van der Waals surface area contributed by atoms with Crippen LogP contribution in [0.1, 0.15) is 12.8 Å². The van der Waals surface area contributed by atoms with Crippen molar-refractivity contribution in [3.8, 4) is 16.9 Å². The summed E-state index contributed by atoms with van der Waals surface area (Å²) in [7, 11) is 2.10. The minimum absolute atomic E-state index is 0.205. The van der Waals surface area contributed by atoms with Crippen molar-refractivity contribution < 1.29 is 9.53 Å². The maximum Gasteiger partial charge on any atom is 0.412 e. The maximum atomic E-state index is 12.1. The summed E-state index contributed by atoms with van der Waals surface area (Å²) in [6.45, 7) is 2.02. The first kappa shape index (κ1) is 15.6. The van der Waals surface area contributed by atoms with Gasteiger partial charge in [-0.3, -0.25) is 0 Å². The smallest absolute Gasteiger partial charge is 0.410 e. The van der Waals surface area contributed by atoms with E-state index in [1.54, 1.807) is 6.07 Å². The number of rotatable bonds is 3. The molecule has 0 spiro atoms. The first-order chi connectivity index (χ1) is 11.2. The molecule has 0 saturated carbocycles. The van der Waals surface area contributed by atoms with E-state index in [-0.39, 0.29) is 12.1 Å². The number of ether oxygens (including phenoxy) is 1. The normalized spacial score (nSPS) is 16.0. The molecule has 1 N–H and O–H groups in total. The average Bonchev–Trinajstić information content (AvgIpc) is 2.58. The van der Waals surface area contributed by atoms with Gasteiger partial charge in [-0.25, -0.2) is 4.79 Å². The van der Waals surface area contributed by atoms with Crippen molar-refractivity contribution in [1.29, 1.82) is 0 Å². The van der Waals surface area contributed by atoms with Crippen LogP contribution in [-0.2, 0) is 0 Å². The fourth-order valence-corrected chi connectivity index (χ4v) is 2.83. The van der Waals surface area contributed by atoms with Gasteiger partial charge in [0.15, 0.2) is 0 Å². The molecule has 1 aliphatic rings. The summed E-state index contributed by atoms with van der Waals surface area (Å²) >= 11 is 0. The molecular weight excluding hydrogens is 288 g/mol. The van der Waals surface area contributed by atoms with Gasteiger partial charge in [-0.1, -0.05) is 42.5 Å². The van der Waals surface area contributed by atoms with E-state index >= 15 is 0 Å². The van der Waals surface area contributed by atoms with Crippen molar-refractivity contribution >= 4 is 6.09 Å². The zero-order chi connectivity index (χ0) is 16.1. The van der Waals surface area contributed by atoms with Crippen LogP contribution in [0.15, 0.2) is 54.6 Å². The minimum atomic E-state index is -0.371. The highest BCUT2D eigenvalue weighted by Crippen LogP contribution is 2.23. The van der Waals surface area contributed by atoms with Gasteiger partial charge in [0.25, 0.3) is 0 Å². The predicted molar refractivity (Wildman–Crippen MR) is 91.6 cm³/mol. The van der Waals surface area contributed by atoms with Crippen molar-refractivity contribution in [3.05, 3.63) is 54.6 Å². The molecule has 1 fully saturated rings. The van der Waals surface area contributed by atoms with Crippen LogP contribution in [-0.4, -0.2) is 37.2 Å². The summed E-state index contributed by atoms with van der Waals surface area (Å²) < 4.78 is 5.44. The van der Waals surface area contributed by atoms with E-state index in [2.05, 4.69) is 17.3 Å². The van der Waals surface area contributed by atoms with E-state index in [9.17, 15) is 4.79 Å². The highest BCUT2D eigenvalue weighted by Gasteiger charge is 2.19. The summed E-state index contributed by atoms with van der Waals surface area (Å²) in [5.74, 6) is 0.566. The number of nitrogens with one attached hydrogen (secondary N) is 1. The molecule has 2 aromatic rings. The molecule has 4 nitrogen and oxygen atoms in total. The second-order valence-corrected chi connectivity index (χ2v) is 6.01. The number of amides is 1. The maximum absolute atomic E-state index is 12.1. The predicted octanol–water partition coefficient (Wildman–Crippen LogP) is 3.54. The van der Waals surface area contributed by atoms with Crippen molar-refractivity contribution in [2.45, 2.75) is 18.9 Å². The summed E-state index contributed by atoms with van der Waals surface area (Å²) in [4.78, 5) is 14.3.